The highest BCUT2D eigenvalue weighted by molar-refractivity contribution is 8.00. The van der Waals surface area contributed by atoms with Gasteiger partial charge in [0.05, 0.1) is 10.8 Å². The number of likely N-dealkylation sites (tertiary alicyclic amines) is 1. The van der Waals surface area contributed by atoms with Gasteiger partial charge >= 0.3 is 0 Å². The van der Waals surface area contributed by atoms with E-state index in [4.69, 9.17) is 28.9 Å². The summed E-state index contributed by atoms with van der Waals surface area (Å²) in [7, 11) is 0. The third-order valence-electron chi connectivity index (χ3n) is 3.65. The fraction of sp³-hybridized carbons (Fsp3) is 0.500. The van der Waals surface area contributed by atoms with E-state index >= 15 is 0 Å². The minimum Gasteiger partial charge on any atom is -0.341 e. The molecule has 0 aromatic heterocycles. The van der Waals surface area contributed by atoms with E-state index in [-0.39, 0.29) is 23.7 Å². The van der Waals surface area contributed by atoms with Gasteiger partial charge in [-0.1, -0.05) is 30.1 Å². The first kappa shape index (κ1) is 18.9. The van der Waals surface area contributed by atoms with Crippen molar-refractivity contribution in [3.8, 4) is 0 Å². The van der Waals surface area contributed by atoms with Gasteiger partial charge in [-0.2, -0.15) is 0 Å². The highest BCUT2D eigenvalue weighted by Crippen LogP contribution is 2.32. The molecule has 0 saturated carbocycles. The molecule has 0 radical (unpaired) electrons. The molecule has 7 heteroatoms. The first-order chi connectivity index (χ1) is 9.43. The average molecular weight is 370 g/mol. The van der Waals surface area contributed by atoms with Gasteiger partial charge in [-0.05, 0) is 36.6 Å². The Morgan fingerprint density at radius 1 is 1.48 bits per heavy atom. The number of rotatable bonds is 4. The van der Waals surface area contributed by atoms with Crippen LogP contribution in [0, 0.1) is 5.41 Å². The van der Waals surface area contributed by atoms with Gasteiger partial charge in [-0.25, -0.2) is 0 Å². The highest BCUT2D eigenvalue weighted by Gasteiger charge is 2.34. The second-order valence-corrected chi connectivity index (χ2v) is 7.30. The van der Waals surface area contributed by atoms with E-state index < -0.39 is 0 Å². The molecule has 21 heavy (non-hydrogen) atoms. The molecule has 1 amide bonds. The zero-order valence-corrected chi connectivity index (χ0v) is 14.9. The Morgan fingerprint density at radius 2 is 2.19 bits per heavy atom. The maximum Gasteiger partial charge on any atom is 0.232 e. The average Bonchev–Trinajstić information content (AvgIpc) is 2.83. The number of halogens is 3. The molecule has 0 aliphatic carbocycles. The Morgan fingerprint density at radius 3 is 2.81 bits per heavy atom. The summed E-state index contributed by atoms with van der Waals surface area (Å²) in [5.41, 5.74) is 5.82. The van der Waals surface area contributed by atoms with Crippen molar-refractivity contribution in [1.29, 1.82) is 0 Å². The zero-order chi connectivity index (χ0) is 14.8. The maximum absolute atomic E-state index is 12.2. The standard InChI is InChI=1S/C14H18Cl2N2OS.ClH/c1-14(8-17)4-5-18(9-14)13(19)7-20-12-6-10(15)2-3-11(12)16;/h2-3,6H,4-5,7-9,17H2,1H3;1H. The Hall–Kier alpha value is -0.130. The predicted octanol–water partition coefficient (Wildman–Crippen LogP) is 3.70. The van der Waals surface area contributed by atoms with E-state index in [9.17, 15) is 4.79 Å². The molecule has 1 heterocycles. The van der Waals surface area contributed by atoms with Crippen LogP contribution in [-0.4, -0.2) is 36.2 Å². The smallest absolute Gasteiger partial charge is 0.232 e. The number of carbonyl (C=O) groups is 1. The predicted molar refractivity (Wildman–Crippen MR) is 92.8 cm³/mol. The summed E-state index contributed by atoms with van der Waals surface area (Å²) < 4.78 is 0. The van der Waals surface area contributed by atoms with Gasteiger partial charge in [0.2, 0.25) is 5.91 Å². The van der Waals surface area contributed by atoms with Crippen LogP contribution in [0.2, 0.25) is 10.0 Å². The largest absolute Gasteiger partial charge is 0.341 e. The van der Waals surface area contributed by atoms with Gasteiger partial charge in [0, 0.05) is 23.0 Å². The first-order valence-electron chi connectivity index (χ1n) is 6.49. The number of amides is 1. The zero-order valence-electron chi connectivity index (χ0n) is 11.8. The number of hydrogen-bond donors (Lipinski definition) is 1. The molecular formula is C14H19Cl3N2OS. The van der Waals surface area contributed by atoms with Gasteiger partial charge < -0.3 is 10.6 Å². The number of nitrogens with two attached hydrogens (primary N) is 1. The second-order valence-electron chi connectivity index (χ2n) is 5.44. The van der Waals surface area contributed by atoms with Crippen molar-refractivity contribution in [2.75, 3.05) is 25.4 Å². The van der Waals surface area contributed by atoms with Crippen LogP contribution in [0.15, 0.2) is 23.1 Å². The third-order valence-corrected chi connectivity index (χ3v) is 5.36. The Bertz CT molecular complexity index is 515. The van der Waals surface area contributed by atoms with Gasteiger partial charge in [-0.15, -0.1) is 24.2 Å². The number of thioether (sulfide) groups is 1. The van der Waals surface area contributed by atoms with Gasteiger partial charge in [0.15, 0.2) is 0 Å². The minimum absolute atomic E-state index is 0. The van der Waals surface area contributed by atoms with Crippen molar-refractivity contribution >= 4 is 53.3 Å². The quantitative estimate of drug-likeness (QED) is 0.823. The number of carbonyl (C=O) groups excluding carboxylic acids is 1. The van der Waals surface area contributed by atoms with E-state index in [1.165, 1.54) is 11.8 Å². The fourth-order valence-electron chi connectivity index (χ4n) is 2.22. The number of benzene rings is 1. The lowest BCUT2D eigenvalue weighted by atomic mass is 9.90. The summed E-state index contributed by atoms with van der Waals surface area (Å²) in [6.07, 6.45) is 0.970. The molecule has 1 aromatic rings. The van der Waals surface area contributed by atoms with Gasteiger partial charge in [0.1, 0.15) is 0 Å². The summed E-state index contributed by atoms with van der Waals surface area (Å²) in [5.74, 6) is 0.504. The normalized spacial score (nSPS) is 21.2. The summed E-state index contributed by atoms with van der Waals surface area (Å²) in [6, 6.07) is 5.27. The molecule has 1 aliphatic rings. The van der Waals surface area contributed by atoms with Gasteiger partial charge in [0.25, 0.3) is 0 Å². The summed E-state index contributed by atoms with van der Waals surface area (Å²) >= 11 is 13.4. The van der Waals surface area contributed by atoms with Crippen molar-refractivity contribution < 1.29 is 4.79 Å². The molecule has 1 aliphatic heterocycles. The molecule has 118 valence electrons. The van der Waals surface area contributed by atoms with Crippen molar-refractivity contribution in [2.45, 2.75) is 18.2 Å². The van der Waals surface area contributed by atoms with Gasteiger partial charge in [-0.3, -0.25) is 4.79 Å². The summed E-state index contributed by atoms with van der Waals surface area (Å²) in [6.45, 7) is 4.27. The molecule has 3 nitrogen and oxygen atoms in total. The van der Waals surface area contributed by atoms with Crippen LogP contribution >= 0.6 is 47.4 Å². The third kappa shape index (κ3) is 4.93. The lowest BCUT2D eigenvalue weighted by molar-refractivity contribution is -0.127. The van der Waals surface area contributed by atoms with Crippen LogP contribution in [0.25, 0.3) is 0 Å². The second kappa shape index (κ2) is 7.93. The van der Waals surface area contributed by atoms with E-state index in [1.807, 2.05) is 4.90 Å². The molecule has 1 unspecified atom stereocenters. The number of nitrogens with zero attached hydrogens (tertiary/aromatic N) is 1. The first-order valence-corrected chi connectivity index (χ1v) is 8.23. The molecule has 1 aromatic carbocycles. The molecule has 0 spiro atoms. The van der Waals surface area contributed by atoms with Crippen LogP contribution in [0.3, 0.4) is 0 Å². The summed E-state index contributed by atoms with van der Waals surface area (Å²) in [4.78, 5) is 14.9. The van der Waals surface area contributed by atoms with Crippen LogP contribution in [0.5, 0.6) is 0 Å². The monoisotopic (exact) mass is 368 g/mol. The Labute approximate surface area is 145 Å². The number of hydrogen-bond acceptors (Lipinski definition) is 3. The maximum atomic E-state index is 12.2. The van der Waals surface area contributed by atoms with Crippen molar-refractivity contribution in [3.05, 3.63) is 28.2 Å². The highest BCUT2D eigenvalue weighted by atomic mass is 35.5. The molecule has 2 rings (SSSR count). The van der Waals surface area contributed by atoms with Crippen LogP contribution in [-0.2, 0) is 4.79 Å². The van der Waals surface area contributed by atoms with Crippen LogP contribution in [0.4, 0.5) is 0 Å². The topological polar surface area (TPSA) is 46.3 Å². The van der Waals surface area contributed by atoms with E-state index in [0.717, 1.165) is 24.4 Å². The van der Waals surface area contributed by atoms with Crippen LogP contribution < -0.4 is 5.73 Å². The molecular weight excluding hydrogens is 351 g/mol. The molecule has 1 fully saturated rings. The van der Waals surface area contributed by atoms with E-state index in [2.05, 4.69) is 6.92 Å². The lowest BCUT2D eigenvalue weighted by Gasteiger charge is -2.22. The SMILES string of the molecule is CC1(CN)CCN(C(=O)CSc2cc(Cl)ccc2Cl)C1.Cl. The van der Waals surface area contributed by atoms with Crippen LogP contribution in [0.1, 0.15) is 13.3 Å². The Kier molecular flexibility index (Phi) is 7.14. The molecule has 2 N–H and O–H groups in total. The van der Waals surface area contributed by atoms with Crippen molar-refractivity contribution in [2.24, 2.45) is 11.1 Å². The molecule has 1 saturated heterocycles. The molecule has 1 atom stereocenters. The minimum atomic E-state index is 0. The van der Waals surface area contributed by atoms with Crippen molar-refractivity contribution in [1.82, 2.24) is 4.90 Å². The van der Waals surface area contributed by atoms with E-state index in [1.54, 1.807) is 18.2 Å². The Balaban J connectivity index is 0.00000220. The summed E-state index contributed by atoms with van der Waals surface area (Å²) in [5, 5.41) is 1.25. The van der Waals surface area contributed by atoms with Crippen molar-refractivity contribution in [3.63, 3.8) is 0 Å². The fourth-order valence-corrected chi connectivity index (χ4v) is 3.62. The molecule has 0 bridgehead atoms. The lowest BCUT2D eigenvalue weighted by Crippen LogP contribution is -2.35. The van der Waals surface area contributed by atoms with E-state index in [0.29, 0.717) is 22.3 Å².